The van der Waals surface area contributed by atoms with Crippen molar-refractivity contribution in [3.8, 4) is 0 Å². The minimum atomic E-state index is -2.82. The third-order valence-corrected chi connectivity index (χ3v) is 5.36. The van der Waals surface area contributed by atoms with Crippen molar-refractivity contribution in [2.75, 3.05) is 5.32 Å². The molecule has 0 spiro atoms. The molecule has 8 nitrogen and oxygen atoms in total. The van der Waals surface area contributed by atoms with E-state index in [2.05, 4.69) is 20.5 Å². The van der Waals surface area contributed by atoms with E-state index < -0.39 is 18.0 Å². The summed E-state index contributed by atoms with van der Waals surface area (Å²) in [6.07, 6.45) is 7.83. The lowest BCUT2D eigenvalue weighted by Crippen LogP contribution is -2.19. The van der Waals surface area contributed by atoms with Crippen molar-refractivity contribution in [1.29, 1.82) is 0 Å². The molecule has 1 N–H and O–H groups in total. The Labute approximate surface area is 164 Å². The minimum absolute atomic E-state index is 0.0182. The van der Waals surface area contributed by atoms with Gasteiger partial charge in [-0.05, 0) is 37.7 Å². The van der Waals surface area contributed by atoms with Gasteiger partial charge in [-0.15, -0.1) is 0 Å². The van der Waals surface area contributed by atoms with Gasteiger partial charge in [0.05, 0.1) is 17.9 Å². The van der Waals surface area contributed by atoms with Gasteiger partial charge in [-0.3, -0.25) is 9.48 Å². The Morgan fingerprint density at radius 2 is 2.10 bits per heavy atom. The predicted molar refractivity (Wildman–Crippen MR) is 99.8 cm³/mol. The van der Waals surface area contributed by atoms with Gasteiger partial charge in [0.2, 0.25) is 0 Å². The van der Waals surface area contributed by atoms with E-state index in [0.29, 0.717) is 18.0 Å². The second-order valence-electron chi connectivity index (χ2n) is 7.19. The molecule has 0 saturated heterocycles. The molecule has 1 amide bonds. The Morgan fingerprint density at radius 1 is 1.31 bits per heavy atom. The minimum Gasteiger partial charge on any atom is -0.319 e. The average molecular weight is 402 g/mol. The molecule has 10 heteroatoms. The molecule has 3 aromatic heterocycles. The maximum Gasteiger partial charge on any atom is 0.284 e. The van der Waals surface area contributed by atoms with Crippen molar-refractivity contribution < 1.29 is 18.4 Å². The van der Waals surface area contributed by atoms with Crippen LogP contribution in [0.3, 0.4) is 0 Å². The van der Waals surface area contributed by atoms with Crippen molar-refractivity contribution in [2.24, 2.45) is 5.92 Å². The summed E-state index contributed by atoms with van der Waals surface area (Å²) in [7, 11) is 0. The predicted octanol–water partition coefficient (Wildman–Crippen LogP) is 3.44. The highest BCUT2D eigenvalue weighted by Crippen LogP contribution is 2.35. The highest BCUT2D eigenvalue weighted by molar-refractivity contribution is 6.08. The fraction of sp³-hybridized carbons (Fsp3) is 0.421. The van der Waals surface area contributed by atoms with Crippen molar-refractivity contribution in [1.82, 2.24) is 24.4 Å². The number of halogens is 2. The first kappa shape index (κ1) is 19.2. The Balaban J connectivity index is 1.54. The Morgan fingerprint density at radius 3 is 2.83 bits per heavy atom. The molecule has 0 atom stereocenters. The molecule has 0 radical (unpaired) electrons. The van der Waals surface area contributed by atoms with Crippen LogP contribution in [0.15, 0.2) is 30.9 Å². The van der Waals surface area contributed by atoms with Crippen LogP contribution in [0.25, 0.3) is 5.65 Å². The van der Waals surface area contributed by atoms with E-state index in [9.17, 15) is 18.4 Å². The molecular formula is C19H20F2N6O2. The quantitative estimate of drug-likeness (QED) is 0.638. The zero-order valence-corrected chi connectivity index (χ0v) is 15.5. The van der Waals surface area contributed by atoms with Gasteiger partial charge >= 0.3 is 0 Å². The lowest BCUT2D eigenvalue weighted by Gasteiger charge is -2.27. The van der Waals surface area contributed by atoms with Crippen LogP contribution >= 0.6 is 0 Å². The molecule has 1 fully saturated rings. The van der Waals surface area contributed by atoms with Gasteiger partial charge < -0.3 is 10.1 Å². The van der Waals surface area contributed by atoms with E-state index in [1.807, 2.05) is 0 Å². The lowest BCUT2D eigenvalue weighted by molar-refractivity contribution is -0.108. The van der Waals surface area contributed by atoms with Crippen LogP contribution in [0.1, 0.15) is 60.6 Å². The molecule has 4 rings (SSSR count). The van der Waals surface area contributed by atoms with Gasteiger partial charge in [-0.1, -0.05) is 0 Å². The number of fused-ring (bicyclic) bond motifs is 1. The van der Waals surface area contributed by atoms with E-state index in [1.54, 1.807) is 12.3 Å². The van der Waals surface area contributed by atoms with Gasteiger partial charge in [-0.25, -0.2) is 18.3 Å². The number of rotatable bonds is 6. The van der Waals surface area contributed by atoms with E-state index in [0.717, 1.165) is 32.0 Å². The zero-order valence-electron chi connectivity index (χ0n) is 15.5. The lowest BCUT2D eigenvalue weighted by atomic mass is 9.84. The first-order valence-corrected chi connectivity index (χ1v) is 9.47. The Bertz CT molecular complexity index is 1020. The monoisotopic (exact) mass is 402 g/mol. The van der Waals surface area contributed by atoms with Crippen LogP contribution in [-0.4, -0.2) is 36.6 Å². The summed E-state index contributed by atoms with van der Waals surface area (Å²) in [6.45, 7) is 0. The summed E-state index contributed by atoms with van der Waals surface area (Å²) >= 11 is 0. The summed E-state index contributed by atoms with van der Waals surface area (Å²) in [6, 6.07) is 1.64. The van der Waals surface area contributed by atoms with E-state index in [4.69, 9.17) is 0 Å². The maximum atomic E-state index is 13.5. The smallest absolute Gasteiger partial charge is 0.284 e. The van der Waals surface area contributed by atoms with E-state index >= 15 is 0 Å². The van der Waals surface area contributed by atoms with Crippen LogP contribution in [0.2, 0.25) is 0 Å². The summed E-state index contributed by atoms with van der Waals surface area (Å²) < 4.78 is 30.0. The first-order valence-electron chi connectivity index (χ1n) is 9.47. The molecule has 152 valence electrons. The number of nitrogens with one attached hydrogen (secondary N) is 1. The molecule has 3 heterocycles. The van der Waals surface area contributed by atoms with Crippen LogP contribution in [-0.2, 0) is 4.79 Å². The maximum absolute atomic E-state index is 13.5. The van der Waals surface area contributed by atoms with Crippen molar-refractivity contribution in [2.45, 2.75) is 44.6 Å². The summed E-state index contributed by atoms with van der Waals surface area (Å²) in [5, 5.41) is 10.6. The number of alkyl halides is 2. The molecule has 29 heavy (non-hydrogen) atoms. The average Bonchev–Trinajstić information content (AvgIpc) is 3.33. The van der Waals surface area contributed by atoms with Crippen molar-refractivity contribution >= 4 is 23.5 Å². The van der Waals surface area contributed by atoms with E-state index in [1.165, 1.54) is 27.8 Å². The number of aromatic nitrogens is 5. The Kier molecular flexibility index (Phi) is 5.32. The second kappa shape index (κ2) is 8.06. The number of aldehydes is 1. The first-order chi connectivity index (χ1) is 14.1. The van der Waals surface area contributed by atoms with Gasteiger partial charge in [0.1, 0.15) is 11.8 Å². The fourth-order valence-electron chi connectivity index (χ4n) is 3.81. The van der Waals surface area contributed by atoms with Gasteiger partial charge in [0.25, 0.3) is 12.3 Å². The van der Waals surface area contributed by atoms with Crippen molar-refractivity contribution in [3.05, 3.63) is 42.1 Å². The number of amides is 1. The number of carbonyl (C=O) groups is 2. The Hall–Kier alpha value is -3.17. The van der Waals surface area contributed by atoms with E-state index in [-0.39, 0.29) is 17.3 Å². The third kappa shape index (κ3) is 3.87. The highest BCUT2D eigenvalue weighted by Gasteiger charge is 2.27. The zero-order chi connectivity index (χ0) is 20.4. The van der Waals surface area contributed by atoms with Crippen molar-refractivity contribution in [3.63, 3.8) is 0 Å². The molecule has 1 aliphatic rings. The fourth-order valence-corrected chi connectivity index (χ4v) is 3.81. The molecule has 0 aromatic carbocycles. The van der Waals surface area contributed by atoms with Crippen LogP contribution in [0, 0.1) is 5.92 Å². The molecule has 1 aliphatic carbocycles. The molecule has 0 aliphatic heterocycles. The SMILES string of the molecule is O=CCC1CCC(n2cc(NC(=O)c3cnn4cccnc34)c(C(F)F)n2)CC1. The number of nitrogens with zero attached hydrogens (tertiary/aromatic N) is 5. The molecule has 0 bridgehead atoms. The molecule has 1 saturated carbocycles. The van der Waals surface area contributed by atoms with Gasteiger partial charge in [0.15, 0.2) is 11.3 Å². The number of anilines is 1. The number of carbonyl (C=O) groups excluding carboxylic acids is 2. The molecular weight excluding hydrogens is 382 g/mol. The second-order valence-corrected chi connectivity index (χ2v) is 7.19. The van der Waals surface area contributed by atoms with Gasteiger partial charge in [0, 0.05) is 25.0 Å². The standard InChI is InChI=1S/C19H20F2N6O2/c20-17(21)16-15(11-27(25-16)13-4-2-12(3-5-13)6-9-28)24-19(29)14-10-23-26-8-1-7-22-18(14)26/h1,7-13,17H,2-6H2,(H,24,29). The molecule has 0 unspecified atom stereocenters. The summed E-state index contributed by atoms with van der Waals surface area (Å²) in [4.78, 5) is 27.4. The van der Waals surface area contributed by atoms with Crippen LogP contribution in [0.4, 0.5) is 14.5 Å². The highest BCUT2D eigenvalue weighted by atomic mass is 19.3. The third-order valence-electron chi connectivity index (χ3n) is 5.36. The largest absolute Gasteiger partial charge is 0.319 e. The topological polar surface area (TPSA) is 94.2 Å². The van der Waals surface area contributed by atoms with Crippen LogP contribution < -0.4 is 5.32 Å². The normalized spacial score (nSPS) is 19.6. The summed E-state index contributed by atoms with van der Waals surface area (Å²) in [5.41, 5.74) is 0.0468. The number of hydrogen-bond acceptors (Lipinski definition) is 5. The number of hydrogen-bond donors (Lipinski definition) is 1. The van der Waals surface area contributed by atoms with Crippen LogP contribution in [0.5, 0.6) is 0 Å². The summed E-state index contributed by atoms with van der Waals surface area (Å²) in [5.74, 6) is -0.231. The van der Waals surface area contributed by atoms with Gasteiger partial charge in [-0.2, -0.15) is 10.2 Å². The molecule has 3 aromatic rings.